The molecule has 0 aliphatic carbocycles. The highest BCUT2D eigenvalue weighted by atomic mass is 16.5. The number of carbonyl (C=O) groups is 1. The fourth-order valence-corrected chi connectivity index (χ4v) is 3.75. The predicted molar refractivity (Wildman–Crippen MR) is 112 cm³/mol. The second kappa shape index (κ2) is 9.17. The highest BCUT2D eigenvalue weighted by molar-refractivity contribution is 5.89. The van der Waals surface area contributed by atoms with Gasteiger partial charge in [0.25, 0.3) is 0 Å². The van der Waals surface area contributed by atoms with E-state index >= 15 is 0 Å². The van der Waals surface area contributed by atoms with Crippen LogP contribution < -0.4 is 4.74 Å². The van der Waals surface area contributed by atoms with Gasteiger partial charge in [0.1, 0.15) is 23.8 Å². The van der Waals surface area contributed by atoms with Gasteiger partial charge in [-0.25, -0.2) is 4.79 Å². The van der Waals surface area contributed by atoms with Crippen molar-refractivity contribution >= 4 is 16.9 Å². The highest BCUT2D eigenvalue weighted by Crippen LogP contribution is 2.31. The highest BCUT2D eigenvalue weighted by Gasteiger charge is 2.19. The second-order valence-corrected chi connectivity index (χ2v) is 7.44. The molecule has 158 valence electrons. The Bertz CT molecular complexity index is 1010. The molecule has 0 bridgehead atoms. The van der Waals surface area contributed by atoms with Gasteiger partial charge in [0, 0.05) is 11.9 Å². The Morgan fingerprint density at radius 2 is 1.90 bits per heavy atom. The van der Waals surface area contributed by atoms with E-state index in [-0.39, 0.29) is 18.3 Å². The molecule has 7 heteroatoms. The summed E-state index contributed by atoms with van der Waals surface area (Å²) in [4.78, 5) is 14.1. The van der Waals surface area contributed by atoms with Crippen LogP contribution in [0.25, 0.3) is 11.0 Å². The Hall–Kier alpha value is -3.06. The van der Waals surface area contributed by atoms with E-state index in [4.69, 9.17) is 14.0 Å². The molecule has 0 spiro atoms. The SMILES string of the molecule is CCOC(=O)c1ccc(OCc2noc3c(CN4CCCCC4)c(O)ccc23)cc1. The van der Waals surface area contributed by atoms with Crippen LogP contribution in [0.5, 0.6) is 11.5 Å². The monoisotopic (exact) mass is 410 g/mol. The number of rotatable bonds is 7. The Kier molecular flexibility index (Phi) is 6.18. The van der Waals surface area contributed by atoms with Crippen LogP contribution in [0.4, 0.5) is 0 Å². The van der Waals surface area contributed by atoms with Gasteiger partial charge in [-0.3, -0.25) is 4.90 Å². The van der Waals surface area contributed by atoms with E-state index in [1.807, 2.05) is 6.07 Å². The maximum Gasteiger partial charge on any atom is 0.338 e. The van der Waals surface area contributed by atoms with Gasteiger partial charge in [0.15, 0.2) is 5.58 Å². The Labute approximate surface area is 175 Å². The molecule has 30 heavy (non-hydrogen) atoms. The minimum Gasteiger partial charge on any atom is -0.507 e. The molecule has 2 aromatic carbocycles. The Balaban J connectivity index is 1.47. The molecule has 1 fully saturated rings. The number of piperidine rings is 1. The molecule has 1 N–H and O–H groups in total. The lowest BCUT2D eigenvalue weighted by molar-refractivity contribution is 0.0526. The lowest BCUT2D eigenvalue weighted by Crippen LogP contribution is -2.29. The molecule has 0 atom stereocenters. The largest absolute Gasteiger partial charge is 0.507 e. The van der Waals surface area contributed by atoms with Gasteiger partial charge in [0.2, 0.25) is 0 Å². The van der Waals surface area contributed by atoms with E-state index in [0.717, 1.165) is 24.0 Å². The Morgan fingerprint density at radius 3 is 2.63 bits per heavy atom. The molecule has 1 aliphatic rings. The van der Waals surface area contributed by atoms with E-state index < -0.39 is 0 Å². The maximum atomic E-state index is 11.7. The van der Waals surface area contributed by atoms with Crippen molar-refractivity contribution in [1.29, 1.82) is 0 Å². The molecule has 0 amide bonds. The van der Waals surface area contributed by atoms with Crippen LogP contribution >= 0.6 is 0 Å². The van der Waals surface area contributed by atoms with Crippen molar-refractivity contribution in [3.63, 3.8) is 0 Å². The number of aromatic hydroxyl groups is 1. The van der Waals surface area contributed by atoms with Gasteiger partial charge in [-0.05, 0) is 69.3 Å². The Morgan fingerprint density at radius 1 is 1.13 bits per heavy atom. The third-order valence-corrected chi connectivity index (χ3v) is 5.37. The summed E-state index contributed by atoms with van der Waals surface area (Å²) < 4.78 is 16.4. The quantitative estimate of drug-likeness (QED) is 0.582. The minimum atomic E-state index is -0.354. The number of esters is 1. The summed E-state index contributed by atoms with van der Waals surface area (Å²) in [5, 5.41) is 15.4. The number of likely N-dealkylation sites (tertiary alicyclic amines) is 1. The third-order valence-electron chi connectivity index (χ3n) is 5.37. The van der Waals surface area contributed by atoms with Gasteiger partial charge in [-0.1, -0.05) is 11.6 Å². The number of benzene rings is 2. The number of ether oxygens (including phenoxy) is 2. The summed E-state index contributed by atoms with van der Waals surface area (Å²) >= 11 is 0. The molecular weight excluding hydrogens is 384 g/mol. The van der Waals surface area contributed by atoms with Crippen molar-refractivity contribution in [3.8, 4) is 11.5 Å². The van der Waals surface area contributed by atoms with E-state index in [1.54, 1.807) is 37.3 Å². The van der Waals surface area contributed by atoms with Crippen LogP contribution in [-0.2, 0) is 17.9 Å². The van der Waals surface area contributed by atoms with E-state index in [0.29, 0.717) is 35.7 Å². The first-order chi connectivity index (χ1) is 14.7. The molecule has 1 aromatic heterocycles. The number of nitrogens with zero attached hydrogens (tertiary/aromatic N) is 2. The number of fused-ring (bicyclic) bond motifs is 1. The van der Waals surface area contributed by atoms with Crippen LogP contribution in [0.2, 0.25) is 0 Å². The fraction of sp³-hybridized carbons (Fsp3) is 0.391. The number of phenolic OH excluding ortho intramolecular Hbond substituents is 1. The summed E-state index contributed by atoms with van der Waals surface area (Å²) in [5.41, 5.74) is 2.53. The maximum absolute atomic E-state index is 11.7. The molecule has 4 rings (SSSR count). The first kappa shape index (κ1) is 20.2. The fourth-order valence-electron chi connectivity index (χ4n) is 3.75. The molecule has 0 saturated carbocycles. The van der Waals surface area contributed by atoms with Crippen molar-refractivity contribution in [1.82, 2.24) is 10.1 Å². The van der Waals surface area contributed by atoms with E-state index in [9.17, 15) is 9.90 Å². The molecule has 0 unspecified atom stereocenters. The molecule has 0 radical (unpaired) electrons. The van der Waals surface area contributed by atoms with Gasteiger partial charge in [-0.2, -0.15) is 0 Å². The number of hydrogen-bond donors (Lipinski definition) is 1. The van der Waals surface area contributed by atoms with Crippen LogP contribution in [0.1, 0.15) is 47.8 Å². The topological polar surface area (TPSA) is 85.0 Å². The predicted octanol–water partition coefficient (Wildman–Crippen LogP) is 4.28. The summed E-state index contributed by atoms with van der Waals surface area (Å²) in [6, 6.07) is 10.3. The molecule has 3 aromatic rings. The van der Waals surface area contributed by atoms with E-state index in [2.05, 4.69) is 10.1 Å². The lowest BCUT2D eigenvalue weighted by atomic mass is 10.1. The van der Waals surface area contributed by atoms with Gasteiger partial charge < -0.3 is 19.1 Å². The molecular formula is C23H26N2O5. The molecule has 1 aliphatic heterocycles. The molecule has 7 nitrogen and oxygen atoms in total. The number of hydrogen-bond acceptors (Lipinski definition) is 7. The number of phenols is 1. The zero-order chi connectivity index (χ0) is 20.9. The summed E-state index contributed by atoms with van der Waals surface area (Å²) in [6.07, 6.45) is 3.62. The van der Waals surface area contributed by atoms with Gasteiger partial charge in [0.05, 0.1) is 17.7 Å². The number of aromatic nitrogens is 1. The zero-order valence-corrected chi connectivity index (χ0v) is 17.1. The van der Waals surface area contributed by atoms with Crippen LogP contribution in [0.3, 0.4) is 0 Å². The standard InChI is InChI=1S/C23H26N2O5/c1-2-28-23(27)16-6-8-17(9-7-16)29-15-20-18-10-11-21(26)19(22(18)30-24-20)14-25-12-4-3-5-13-25/h6-11,26H,2-5,12-15H2,1H3. The smallest absolute Gasteiger partial charge is 0.338 e. The first-order valence-electron chi connectivity index (χ1n) is 10.4. The van der Waals surface area contributed by atoms with Gasteiger partial charge >= 0.3 is 5.97 Å². The third kappa shape index (κ3) is 4.41. The summed E-state index contributed by atoms with van der Waals surface area (Å²) in [6.45, 7) is 5.04. The van der Waals surface area contributed by atoms with Crippen molar-refractivity contribution in [2.24, 2.45) is 0 Å². The van der Waals surface area contributed by atoms with Crippen LogP contribution in [0.15, 0.2) is 40.9 Å². The lowest BCUT2D eigenvalue weighted by Gasteiger charge is -2.26. The summed E-state index contributed by atoms with van der Waals surface area (Å²) in [7, 11) is 0. The average Bonchev–Trinajstić information content (AvgIpc) is 3.19. The summed E-state index contributed by atoms with van der Waals surface area (Å²) in [5.74, 6) is 0.491. The van der Waals surface area contributed by atoms with Crippen molar-refractivity contribution in [2.45, 2.75) is 39.3 Å². The zero-order valence-electron chi connectivity index (χ0n) is 17.1. The normalized spacial score (nSPS) is 14.7. The minimum absolute atomic E-state index is 0.222. The average molecular weight is 410 g/mol. The van der Waals surface area contributed by atoms with E-state index in [1.165, 1.54) is 19.3 Å². The van der Waals surface area contributed by atoms with Crippen LogP contribution in [-0.4, -0.2) is 40.8 Å². The van der Waals surface area contributed by atoms with Gasteiger partial charge in [-0.15, -0.1) is 0 Å². The second-order valence-electron chi connectivity index (χ2n) is 7.44. The van der Waals surface area contributed by atoms with Crippen molar-refractivity contribution < 1.29 is 23.9 Å². The first-order valence-corrected chi connectivity index (χ1v) is 10.4. The van der Waals surface area contributed by atoms with Crippen molar-refractivity contribution in [2.75, 3.05) is 19.7 Å². The van der Waals surface area contributed by atoms with Crippen molar-refractivity contribution in [3.05, 3.63) is 53.2 Å². The van der Waals surface area contributed by atoms with Crippen LogP contribution in [0, 0.1) is 0 Å². The number of carbonyl (C=O) groups excluding carboxylic acids is 1. The molecule has 1 saturated heterocycles. The molecule has 2 heterocycles.